The highest BCUT2D eigenvalue weighted by molar-refractivity contribution is 9.10. The number of hydrogen-bond donors (Lipinski definition) is 0. The topological polar surface area (TPSA) is 33.2 Å². The molecule has 0 bridgehead atoms. The van der Waals surface area contributed by atoms with Crippen molar-refractivity contribution in [3.63, 3.8) is 0 Å². The van der Waals surface area contributed by atoms with Crippen LogP contribution in [0.4, 0.5) is 0 Å². The number of para-hydroxylation sites is 1. The van der Waals surface area contributed by atoms with Crippen LogP contribution in [0.15, 0.2) is 53.0 Å². The number of rotatable bonds is 2. The third-order valence-electron chi connectivity index (χ3n) is 4.18. The van der Waals surface area contributed by atoms with Crippen molar-refractivity contribution in [2.24, 2.45) is 0 Å². The molecule has 0 saturated carbocycles. The number of carbonyl (C=O) groups excluding carboxylic acids is 1. The van der Waals surface area contributed by atoms with E-state index in [1.807, 2.05) is 47.4 Å². The van der Waals surface area contributed by atoms with E-state index in [0.717, 1.165) is 39.9 Å². The van der Waals surface area contributed by atoms with Gasteiger partial charge in [0.2, 0.25) is 0 Å². The Bertz CT molecular complexity index is 843. The van der Waals surface area contributed by atoms with E-state index in [9.17, 15) is 4.79 Å². The third kappa shape index (κ3) is 2.79. The molecule has 0 aliphatic carbocycles. The van der Waals surface area contributed by atoms with Gasteiger partial charge in [-0.1, -0.05) is 34.1 Å². The number of nitrogens with zero attached hydrogens (tertiary/aromatic N) is 2. The standard InChI is InChI=1S/C18H15BrN2OS/c19-13-6-3-5-12(11-13)18(22)21-10-4-8-15(21)17-20-14-7-1-2-9-16(14)23-17/h1-3,5-7,9,11,15H,4,8,10H2. The van der Waals surface area contributed by atoms with E-state index < -0.39 is 0 Å². The quantitative estimate of drug-likeness (QED) is 0.618. The summed E-state index contributed by atoms with van der Waals surface area (Å²) in [5.41, 5.74) is 1.75. The van der Waals surface area contributed by atoms with Crippen LogP contribution < -0.4 is 0 Å². The van der Waals surface area contributed by atoms with Crippen LogP contribution in [0.3, 0.4) is 0 Å². The predicted molar refractivity (Wildman–Crippen MR) is 96.8 cm³/mol. The lowest BCUT2D eigenvalue weighted by Gasteiger charge is -2.23. The van der Waals surface area contributed by atoms with Crippen molar-refractivity contribution in [1.29, 1.82) is 0 Å². The first-order chi connectivity index (χ1) is 11.2. The Hall–Kier alpha value is -1.72. The molecule has 2 heterocycles. The second-order valence-electron chi connectivity index (χ2n) is 5.69. The second kappa shape index (κ2) is 6.06. The van der Waals surface area contributed by atoms with Crippen molar-refractivity contribution < 1.29 is 4.79 Å². The summed E-state index contributed by atoms with van der Waals surface area (Å²) in [6.07, 6.45) is 2.01. The molecule has 1 saturated heterocycles. The first-order valence-corrected chi connectivity index (χ1v) is 9.25. The van der Waals surface area contributed by atoms with Crippen LogP contribution >= 0.6 is 27.3 Å². The highest BCUT2D eigenvalue weighted by atomic mass is 79.9. The SMILES string of the molecule is O=C(c1cccc(Br)c1)N1CCCC1c1nc2ccccc2s1. The summed E-state index contributed by atoms with van der Waals surface area (Å²) in [5.74, 6) is 0.0908. The summed E-state index contributed by atoms with van der Waals surface area (Å²) in [4.78, 5) is 19.6. The predicted octanol–water partition coefficient (Wildman–Crippen LogP) is 5.04. The zero-order valence-electron chi connectivity index (χ0n) is 12.4. The molecule has 0 spiro atoms. The molecular formula is C18H15BrN2OS. The number of likely N-dealkylation sites (tertiary alicyclic amines) is 1. The highest BCUT2D eigenvalue weighted by Gasteiger charge is 2.32. The summed E-state index contributed by atoms with van der Waals surface area (Å²) in [6, 6.07) is 15.9. The molecule has 1 atom stereocenters. The Labute approximate surface area is 147 Å². The van der Waals surface area contributed by atoms with E-state index in [-0.39, 0.29) is 11.9 Å². The first kappa shape index (κ1) is 14.8. The van der Waals surface area contributed by atoms with Gasteiger partial charge in [-0.05, 0) is 43.2 Å². The van der Waals surface area contributed by atoms with E-state index in [0.29, 0.717) is 0 Å². The molecule has 1 fully saturated rings. The van der Waals surface area contributed by atoms with Crippen LogP contribution in [0.1, 0.15) is 34.2 Å². The van der Waals surface area contributed by atoms with Gasteiger partial charge in [0.25, 0.3) is 5.91 Å². The Morgan fingerprint density at radius 1 is 1.22 bits per heavy atom. The largest absolute Gasteiger partial charge is 0.329 e. The van der Waals surface area contributed by atoms with Crippen molar-refractivity contribution in [2.45, 2.75) is 18.9 Å². The highest BCUT2D eigenvalue weighted by Crippen LogP contribution is 2.37. The lowest BCUT2D eigenvalue weighted by molar-refractivity contribution is 0.0735. The molecule has 1 aliphatic rings. The summed E-state index contributed by atoms with van der Waals surface area (Å²) < 4.78 is 2.11. The van der Waals surface area contributed by atoms with Crippen molar-refractivity contribution in [3.8, 4) is 0 Å². The van der Waals surface area contributed by atoms with Gasteiger partial charge in [-0.15, -0.1) is 11.3 Å². The Balaban J connectivity index is 1.67. The molecule has 4 rings (SSSR count). The summed E-state index contributed by atoms with van der Waals surface area (Å²) >= 11 is 5.14. The fourth-order valence-electron chi connectivity index (χ4n) is 3.09. The average molecular weight is 387 g/mol. The van der Waals surface area contributed by atoms with Crippen molar-refractivity contribution >= 4 is 43.4 Å². The lowest BCUT2D eigenvalue weighted by atomic mass is 10.1. The number of benzene rings is 2. The number of fused-ring (bicyclic) bond motifs is 1. The van der Waals surface area contributed by atoms with Crippen LogP contribution in [0.2, 0.25) is 0 Å². The molecule has 23 heavy (non-hydrogen) atoms. The maximum atomic E-state index is 12.9. The number of aromatic nitrogens is 1. The minimum atomic E-state index is 0.0908. The van der Waals surface area contributed by atoms with Crippen LogP contribution in [-0.2, 0) is 0 Å². The first-order valence-electron chi connectivity index (χ1n) is 7.64. The molecule has 1 aliphatic heterocycles. The average Bonchev–Trinajstić information content (AvgIpc) is 3.20. The summed E-state index contributed by atoms with van der Waals surface area (Å²) in [5, 5.41) is 1.05. The minimum absolute atomic E-state index is 0.0908. The smallest absolute Gasteiger partial charge is 0.254 e. The molecular weight excluding hydrogens is 372 g/mol. The van der Waals surface area contributed by atoms with Gasteiger partial charge in [0.15, 0.2) is 0 Å². The maximum Gasteiger partial charge on any atom is 0.254 e. The summed E-state index contributed by atoms with van der Waals surface area (Å²) in [7, 11) is 0. The van der Waals surface area contributed by atoms with Gasteiger partial charge in [0.1, 0.15) is 5.01 Å². The number of amides is 1. The Kier molecular flexibility index (Phi) is 3.91. The monoisotopic (exact) mass is 386 g/mol. The Morgan fingerprint density at radius 2 is 2.09 bits per heavy atom. The van der Waals surface area contributed by atoms with Gasteiger partial charge in [-0.3, -0.25) is 4.79 Å². The van der Waals surface area contributed by atoms with Crippen LogP contribution in [0, 0.1) is 0 Å². The molecule has 1 aromatic heterocycles. The zero-order valence-corrected chi connectivity index (χ0v) is 14.8. The van der Waals surface area contributed by atoms with Crippen LogP contribution in [0.5, 0.6) is 0 Å². The van der Waals surface area contributed by atoms with Gasteiger partial charge < -0.3 is 4.90 Å². The van der Waals surface area contributed by atoms with Gasteiger partial charge in [0.05, 0.1) is 16.3 Å². The number of thiazole rings is 1. The number of hydrogen-bond acceptors (Lipinski definition) is 3. The summed E-state index contributed by atoms with van der Waals surface area (Å²) in [6.45, 7) is 0.798. The van der Waals surface area contributed by atoms with Crippen molar-refractivity contribution in [1.82, 2.24) is 9.88 Å². The number of halogens is 1. The fraction of sp³-hybridized carbons (Fsp3) is 0.222. The molecule has 1 amide bonds. The molecule has 116 valence electrons. The molecule has 2 aromatic carbocycles. The van der Waals surface area contributed by atoms with Crippen LogP contribution in [0.25, 0.3) is 10.2 Å². The molecule has 0 radical (unpaired) electrons. The zero-order chi connectivity index (χ0) is 15.8. The molecule has 0 N–H and O–H groups in total. The maximum absolute atomic E-state index is 12.9. The normalized spacial score (nSPS) is 17.8. The van der Waals surface area contributed by atoms with Crippen LogP contribution in [-0.4, -0.2) is 22.3 Å². The van der Waals surface area contributed by atoms with Crippen molar-refractivity contribution in [3.05, 3.63) is 63.6 Å². The molecule has 5 heteroatoms. The van der Waals surface area contributed by atoms with Gasteiger partial charge >= 0.3 is 0 Å². The third-order valence-corrected chi connectivity index (χ3v) is 5.81. The van der Waals surface area contributed by atoms with E-state index in [1.54, 1.807) is 11.3 Å². The van der Waals surface area contributed by atoms with E-state index in [1.165, 1.54) is 4.70 Å². The van der Waals surface area contributed by atoms with E-state index in [2.05, 4.69) is 22.0 Å². The molecule has 3 aromatic rings. The van der Waals surface area contributed by atoms with Crippen molar-refractivity contribution in [2.75, 3.05) is 6.54 Å². The van der Waals surface area contributed by atoms with Gasteiger partial charge in [-0.2, -0.15) is 0 Å². The van der Waals surface area contributed by atoms with Gasteiger partial charge in [0, 0.05) is 16.6 Å². The number of carbonyl (C=O) groups is 1. The fourth-order valence-corrected chi connectivity index (χ4v) is 4.60. The second-order valence-corrected chi connectivity index (χ2v) is 7.66. The molecule has 1 unspecified atom stereocenters. The van der Waals surface area contributed by atoms with E-state index >= 15 is 0 Å². The lowest BCUT2D eigenvalue weighted by Crippen LogP contribution is -2.30. The molecule has 3 nitrogen and oxygen atoms in total. The van der Waals surface area contributed by atoms with E-state index in [4.69, 9.17) is 4.98 Å². The minimum Gasteiger partial charge on any atom is -0.329 e. The van der Waals surface area contributed by atoms with Gasteiger partial charge in [-0.25, -0.2) is 4.98 Å². The Morgan fingerprint density at radius 3 is 2.91 bits per heavy atom.